The van der Waals surface area contributed by atoms with E-state index in [1.165, 1.54) is 0 Å². The molecule has 32 heavy (non-hydrogen) atoms. The molecule has 0 radical (unpaired) electrons. The Morgan fingerprint density at radius 3 is 1.97 bits per heavy atom. The van der Waals surface area contributed by atoms with Crippen molar-refractivity contribution in [3.05, 3.63) is 119 Å². The molecular formula is C27H28O3S2. The lowest BCUT2D eigenvalue weighted by atomic mass is 9.65. The predicted molar refractivity (Wildman–Crippen MR) is 136 cm³/mol. The molecule has 0 heterocycles. The molecule has 0 spiro atoms. The van der Waals surface area contributed by atoms with Crippen molar-refractivity contribution in [2.45, 2.75) is 37.2 Å². The molecule has 1 aliphatic carbocycles. The fourth-order valence-electron chi connectivity index (χ4n) is 4.31. The number of hydrogen-bond acceptors (Lipinski definition) is 3. The third kappa shape index (κ3) is 4.46. The zero-order chi connectivity index (χ0) is 22.1. The number of hydrogen-bond donors (Lipinski definition) is 0. The smallest absolute Gasteiger partial charge is 0.258 e. The molecule has 4 rings (SSSR count). The Labute approximate surface area is 198 Å². The SMILES string of the molecule is CC1=C(c2ccccc2)C(C)(c2ccccc2)C(OS(=O)(=O)c2ccc(C)cc2)C=C1.S. The Bertz CT molecular complexity index is 1230. The largest absolute Gasteiger partial charge is 0.297 e. The van der Waals surface area contributed by atoms with Crippen LogP contribution in [0.1, 0.15) is 30.5 Å². The van der Waals surface area contributed by atoms with Crippen LogP contribution in [0.2, 0.25) is 0 Å². The predicted octanol–water partition coefficient (Wildman–Crippen LogP) is 6.18. The van der Waals surface area contributed by atoms with Crippen LogP contribution >= 0.6 is 13.5 Å². The summed E-state index contributed by atoms with van der Waals surface area (Å²) in [5.41, 5.74) is 4.50. The number of allylic oxidation sites excluding steroid dienone is 2. The summed E-state index contributed by atoms with van der Waals surface area (Å²) >= 11 is 0. The second kappa shape index (κ2) is 9.49. The highest BCUT2D eigenvalue weighted by molar-refractivity contribution is 7.86. The van der Waals surface area contributed by atoms with Gasteiger partial charge in [-0.05, 0) is 55.2 Å². The second-order valence-corrected chi connectivity index (χ2v) is 9.71. The van der Waals surface area contributed by atoms with E-state index in [9.17, 15) is 8.42 Å². The fraction of sp³-hybridized carbons (Fsp3) is 0.185. The van der Waals surface area contributed by atoms with Gasteiger partial charge in [0.1, 0.15) is 6.10 Å². The first-order valence-electron chi connectivity index (χ1n) is 10.3. The Morgan fingerprint density at radius 2 is 1.38 bits per heavy atom. The van der Waals surface area contributed by atoms with Gasteiger partial charge in [0.15, 0.2) is 0 Å². The van der Waals surface area contributed by atoms with Crippen LogP contribution in [-0.4, -0.2) is 14.5 Å². The molecule has 0 bridgehead atoms. The molecular weight excluding hydrogens is 436 g/mol. The number of rotatable bonds is 5. The molecule has 166 valence electrons. The molecule has 0 amide bonds. The highest BCUT2D eigenvalue weighted by atomic mass is 32.2. The maximum absolute atomic E-state index is 13.2. The van der Waals surface area contributed by atoms with Crippen LogP contribution in [0.15, 0.2) is 108 Å². The molecule has 0 saturated heterocycles. The molecule has 2 atom stereocenters. The maximum Gasteiger partial charge on any atom is 0.297 e. The van der Waals surface area contributed by atoms with E-state index in [1.807, 2.05) is 67.6 Å². The summed E-state index contributed by atoms with van der Waals surface area (Å²) in [6.07, 6.45) is 3.13. The molecule has 0 N–H and O–H groups in total. The molecule has 2 unspecified atom stereocenters. The van der Waals surface area contributed by atoms with E-state index in [0.717, 1.165) is 27.8 Å². The van der Waals surface area contributed by atoms with Crippen LogP contribution in [0.25, 0.3) is 5.57 Å². The molecule has 1 aliphatic rings. The summed E-state index contributed by atoms with van der Waals surface area (Å²) in [7, 11) is -3.95. The molecule has 0 saturated carbocycles. The third-order valence-electron chi connectivity index (χ3n) is 5.98. The number of aryl methyl sites for hydroxylation is 1. The topological polar surface area (TPSA) is 43.4 Å². The summed E-state index contributed by atoms with van der Waals surface area (Å²) < 4.78 is 32.3. The van der Waals surface area contributed by atoms with Crippen molar-refractivity contribution in [1.29, 1.82) is 0 Å². The van der Waals surface area contributed by atoms with Crippen LogP contribution in [0.5, 0.6) is 0 Å². The first kappa shape index (κ1) is 24.1. The average Bonchev–Trinajstić information content (AvgIpc) is 2.77. The van der Waals surface area contributed by atoms with Crippen molar-refractivity contribution in [1.82, 2.24) is 0 Å². The molecule has 0 aliphatic heterocycles. The lowest BCUT2D eigenvalue weighted by Gasteiger charge is -2.41. The van der Waals surface area contributed by atoms with Crippen LogP contribution in [-0.2, 0) is 19.7 Å². The zero-order valence-electron chi connectivity index (χ0n) is 18.4. The van der Waals surface area contributed by atoms with Gasteiger partial charge in [-0.1, -0.05) is 90.5 Å². The van der Waals surface area contributed by atoms with Crippen molar-refractivity contribution >= 4 is 29.2 Å². The fourth-order valence-corrected chi connectivity index (χ4v) is 5.42. The van der Waals surface area contributed by atoms with Crippen molar-refractivity contribution in [3.8, 4) is 0 Å². The second-order valence-electron chi connectivity index (χ2n) is 8.14. The summed E-state index contributed by atoms with van der Waals surface area (Å²) in [6.45, 7) is 6.05. The molecule has 5 heteroatoms. The van der Waals surface area contributed by atoms with Gasteiger partial charge < -0.3 is 0 Å². The Balaban J connectivity index is 0.00000289. The highest BCUT2D eigenvalue weighted by Gasteiger charge is 2.44. The van der Waals surface area contributed by atoms with Gasteiger partial charge in [-0.25, -0.2) is 0 Å². The van der Waals surface area contributed by atoms with Crippen molar-refractivity contribution < 1.29 is 12.6 Å². The minimum atomic E-state index is -3.95. The maximum atomic E-state index is 13.2. The van der Waals surface area contributed by atoms with E-state index in [4.69, 9.17) is 4.18 Å². The monoisotopic (exact) mass is 464 g/mol. The molecule has 0 aromatic heterocycles. The first-order chi connectivity index (χ1) is 14.8. The summed E-state index contributed by atoms with van der Waals surface area (Å²) in [6, 6.07) is 26.8. The zero-order valence-corrected chi connectivity index (χ0v) is 20.3. The van der Waals surface area contributed by atoms with Crippen molar-refractivity contribution in [2.75, 3.05) is 0 Å². The van der Waals surface area contributed by atoms with Gasteiger partial charge >= 0.3 is 0 Å². The lowest BCUT2D eigenvalue weighted by Crippen LogP contribution is -2.42. The third-order valence-corrected chi connectivity index (χ3v) is 7.29. The quantitative estimate of drug-likeness (QED) is 0.423. The highest BCUT2D eigenvalue weighted by Crippen LogP contribution is 2.47. The number of benzene rings is 3. The normalized spacial score (nSPS) is 20.7. The minimum Gasteiger partial charge on any atom is -0.258 e. The minimum absolute atomic E-state index is 0. The lowest BCUT2D eigenvalue weighted by molar-refractivity contribution is 0.196. The molecule has 0 fully saturated rings. The van der Waals surface area contributed by atoms with E-state index in [1.54, 1.807) is 24.3 Å². The van der Waals surface area contributed by atoms with Crippen molar-refractivity contribution in [3.63, 3.8) is 0 Å². The molecule has 3 nitrogen and oxygen atoms in total. The Kier molecular flexibility index (Phi) is 7.13. The van der Waals surface area contributed by atoms with Gasteiger partial charge in [0, 0.05) is 5.41 Å². The van der Waals surface area contributed by atoms with E-state index >= 15 is 0 Å². The van der Waals surface area contributed by atoms with Gasteiger partial charge in [0.05, 0.1) is 4.90 Å². The van der Waals surface area contributed by atoms with E-state index in [0.29, 0.717) is 0 Å². The van der Waals surface area contributed by atoms with Crippen LogP contribution in [0, 0.1) is 6.92 Å². The first-order valence-corrected chi connectivity index (χ1v) is 11.7. The van der Waals surface area contributed by atoms with Gasteiger partial charge in [0.25, 0.3) is 10.1 Å². The standard InChI is InChI=1S/C27H26O3S.H2S/c1-20-14-17-24(18-15-20)31(28,29)30-25-19-16-21(2)26(22-10-6-4-7-11-22)27(25,3)23-12-8-5-9-13-23;/h4-19,25H,1-3H3;1H2. The van der Waals surface area contributed by atoms with Gasteiger partial charge in [0.2, 0.25) is 0 Å². The Hall–Kier alpha value is -2.60. The van der Waals surface area contributed by atoms with Gasteiger partial charge in [-0.3, -0.25) is 4.18 Å². The van der Waals surface area contributed by atoms with E-state index < -0.39 is 21.6 Å². The molecule has 3 aromatic carbocycles. The average molecular weight is 465 g/mol. The Morgan fingerprint density at radius 1 is 0.812 bits per heavy atom. The van der Waals surface area contributed by atoms with Crippen LogP contribution in [0.4, 0.5) is 0 Å². The van der Waals surface area contributed by atoms with Gasteiger partial charge in [-0.2, -0.15) is 21.9 Å². The molecule has 3 aromatic rings. The van der Waals surface area contributed by atoms with E-state index in [2.05, 4.69) is 26.0 Å². The van der Waals surface area contributed by atoms with Crippen molar-refractivity contribution in [2.24, 2.45) is 0 Å². The van der Waals surface area contributed by atoms with Crippen LogP contribution in [0.3, 0.4) is 0 Å². The summed E-state index contributed by atoms with van der Waals surface area (Å²) in [5.74, 6) is 0. The van der Waals surface area contributed by atoms with E-state index in [-0.39, 0.29) is 18.4 Å². The van der Waals surface area contributed by atoms with Crippen LogP contribution < -0.4 is 0 Å². The summed E-state index contributed by atoms with van der Waals surface area (Å²) in [5, 5.41) is 0. The summed E-state index contributed by atoms with van der Waals surface area (Å²) in [4.78, 5) is 0.162. The van der Waals surface area contributed by atoms with Gasteiger partial charge in [-0.15, -0.1) is 0 Å².